The van der Waals surface area contributed by atoms with E-state index in [4.69, 9.17) is 0 Å². The first-order valence-electron chi connectivity index (χ1n) is 9.95. The Morgan fingerprint density at radius 1 is 0.889 bits per heavy atom. The number of benzene rings is 2. The van der Waals surface area contributed by atoms with Gasteiger partial charge in [-0.25, -0.2) is 0 Å². The maximum Gasteiger partial charge on any atom is 0.255 e. The molecular formula is C23H26N2O2. The summed E-state index contributed by atoms with van der Waals surface area (Å²) in [6.45, 7) is 2.13. The number of hydrogen-bond acceptors (Lipinski definition) is 2. The lowest BCUT2D eigenvalue weighted by Gasteiger charge is -2.32. The monoisotopic (exact) mass is 362 g/mol. The molecule has 0 saturated carbocycles. The third kappa shape index (κ3) is 3.75. The van der Waals surface area contributed by atoms with Crippen molar-refractivity contribution in [1.82, 2.24) is 9.80 Å². The highest BCUT2D eigenvalue weighted by atomic mass is 16.2. The molecule has 2 aromatic rings. The van der Waals surface area contributed by atoms with Gasteiger partial charge in [-0.2, -0.15) is 0 Å². The second-order valence-corrected chi connectivity index (χ2v) is 7.54. The van der Waals surface area contributed by atoms with Crippen LogP contribution in [0.25, 0.3) is 0 Å². The molecule has 2 aliphatic rings. The fourth-order valence-corrected chi connectivity index (χ4v) is 4.20. The second-order valence-electron chi connectivity index (χ2n) is 7.54. The minimum absolute atomic E-state index is 0.0188. The predicted molar refractivity (Wildman–Crippen MR) is 105 cm³/mol. The average Bonchev–Trinajstić information content (AvgIpc) is 2.88. The summed E-state index contributed by atoms with van der Waals surface area (Å²) < 4.78 is 0. The van der Waals surface area contributed by atoms with Crippen molar-refractivity contribution in [2.24, 2.45) is 0 Å². The molecule has 1 unspecified atom stereocenters. The maximum absolute atomic E-state index is 13.5. The Kier molecular flexibility index (Phi) is 5.23. The number of likely N-dealkylation sites (tertiary alicyclic amines) is 1. The molecule has 2 amide bonds. The summed E-state index contributed by atoms with van der Waals surface area (Å²) in [6, 6.07) is 17.3. The van der Waals surface area contributed by atoms with Crippen LogP contribution in [0.5, 0.6) is 0 Å². The van der Waals surface area contributed by atoms with E-state index in [0.717, 1.165) is 42.6 Å². The van der Waals surface area contributed by atoms with Crippen LogP contribution in [-0.2, 0) is 17.8 Å². The van der Waals surface area contributed by atoms with Crippen LogP contribution < -0.4 is 0 Å². The molecule has 0 spiro atoms. The van der Waals surface area contributed by atoms with Crippen molar-refractivity contribution in [3.05, 3.63) is 71.3 Å². The molecule has 2 aliphatic heterocycles. The van der Waals surface area contributed by atoms with Gasteiger partial charge in [-0.3, -0.25) is 9.59 Å². The van der Waals surface area contributed by atoms with Gasteiger partial charge in [0, 0.05) is 31.6 Å². The Bertz CT molecular complexity index is 810. The topological polar surface area (TPSA) is 40.6 Å². The van der Waals surface area contributed by atoms with E-state index >= 15 is 0 Å². The van der Waals surface area contributed by atoms with Gasteiger partial charge in [-0.15, -0.1) is 0 Å². The minimum atomic E-state index is -0.439. The molecule has 4 nitrogen and oxygen atoms in total. The molecule has 0 N–H and O–H groups in total. The molecular weight excluding hydrogens is 336 g/mol. The SMILES string of the molecule is O=C(C(Cc1ccccc1)N1Cc2ccccc2C1=O)N1CCCCCC1. The fourth-order valence-electron chi connectivity index (χ4n) is 4.20. The van der Waals surface area contributed by atoms with E-state index in [1.807, 2.05) is 59.5 Å². The van der Waals surface area contributed by atoms with Gasteiger partial charge in [0.05, 0.1) is 0 Å². The molecule has 1 atom stereocenters. The quantitative estimate of drug-likeness (QED) is 0.833. The molecule has 0 bridgehead atoms. The average molecular weight is 362 g/mol. The first kappa shape index (κ1) is 17.8. The molecule has 1 fully saturated rings. The molecule has 0 aromatic heterocycles. The van der Waals surface area contributed by atoms with E-state index < -0.39 is 6.04 Å². The highest BCUT2D eigenvalue weighted by Gasteiger charge is 2.38. The number of nitrogens with zero attached hydrogens (tertiary/aromatic N) is 2. The molecule has 2 heterocycles. The van der Waals surface area contributed by atoms with Gasteiger partial charge >= 0.3 is 0 Å². The smallest absolute Gasteiger partial charge is 0.255 e. The molecule has 4 heteroatoms. The number of fused-ring (bicyclic) bond motifs is 1. The Morgan fingerprint density at radius 2 is 1.56 bits per heavy atom. The summed E-state index contributed by atoms with van der Waals surface area (Å²) in [5.74, 6) is 0.0802. The van der Waals surface area contributed by atoms with Crippen molar-refractivity contribution in [1.29, 1.82) is 0 Å². The lowest BCUT2D eigenvalue weighted by atomic mass is 10.0. The van der Waals surface area contributed by atoms with Gasteiger partial charge in [0.15, 0.2) is 0 Å². The van der Waals surface area contributed by atoms with Crippen LogP contribution >= 0.6 is 0 Å². The fraction of sp³-hybridized carbons (Fsp3) is 0.391. The summed E-state index contributed by atoms with van der Waals surface area (Å²) in [5, 5.41) is 0. The van der Waals surface area contributed by atoms with Crippen molar-refractivity contribution in [3.63, 3.8) is 0 Å². The minimum Gasteiger partial charge on any atom is -0.341 e. The third-order valence-corrected chi connectivity index (χ3v) is 5.70. The summed E-state index contributed by atoms with van der Waals surface area (Å²) in [6.07, 6.45) is 5.04. The summed E-state index contributed by atoms with van der Waals surface area (Å²) in [5.41, 5.74) is 2.85. The van der Waals surface area contributed by atoms with Gasteiger partial charge in [-0.05, 0) is 30.0 Å². The maximum atomic E-state index is 13.5. The van der Waals surface area contributed by atoms with E-state index in [1.165, 1.54) is 12.8 Å². The summed E-state index contributed by atoms with van der Waals surface area (Å²) in [7, 11) is 0. The van der Waals surface area contributed by atoms with Gasteiger partial charge in [-0.1, -0.05) is 61.4 Å². The van der Waals surface area contributed by atoms with E-state index in [0.29, 0.717) is 13.0 Å². The van der Waals surface area contributed by atoms with E-state index in [9.17, 15) is 9.59 Å². The normalized spacial score (nSPS) is 18.1. The van der Waals surface area contributed by atoms with Crippen molar-refractivity contribution >= 4 is 11.8 Å². The molecule has 0 radical (unpaired) electrons. The number of hydrogen-bond donors (Lipinski definition) is 0. The summed E-state index contributed by atoms with van der Waals surface area (Å²) >= 11 is 0. The molecule has 1 saturated heterocycles. The van der Waals surface area contributed by atoms with Crippen LogP contribution in [0, 0.1) is 0 Å². The van der Waals surface area contributed by atoms with Gasteiger partial charge in [0.2, 0.25) is 5.91 Å². The highest BCUT2D eigenvalue weighted by molar-refractivity contribution is 6.01. The van der Waals surface area contributed by atoms with Crippen LogP contribution in [0.2, 0.25) is 0 Å². The van der Waals surface area contributed by atoms with E-state index in [-0.39, 0.29) is 11.8 Å². The summed E-state index contributed by atoms with van der Waals surface area (Å²) in [4.78, 5) is 30.3. The number of carbonyl (C=O) groups is 2. The largest absolute Gasteiger partial charge is 0.341 e. The number of amides is 2. The second kappa shape index (κ2) is 7.95. The van der Waals surface area contributed by atoms with Crippen LogP contribution in [0.3, 0.4) is 0 Å². The van der Waals surface area contributed by atoms with Gasteiger partial charge in [0.25, 0.3) is 5.91 Å². The zero-order chi connectivity index (χ0) is 18.6. The Hall–Kier alpha value is -2.62. The van der Waals surface area contributed by atoms with Gasteiger partial charge in [0.1, 0.15) is 6.04 Å². The molecule has 0 aliphatic carbocycles. The van der Waals surface area contributed by atoms with Crippen molar-refractivity contribution in [3.8, 4) is 0 Å². The van der Waals surface area contributed by atoms with Crippen LogP contribution in [-0.4, -0.2) is 40.7 Å². The first-order valence-corrected chi connectivity index (χ1v) is 9.95. The lowest BCUT2D eigenvalue weighted by Crippen LogP contribution is -2.50. The van der Waals surface area contributed by atoms with E-state index in [1.54, 1.807) is 4.90 Å². The number of carbonyl (C=O) groups excluding carboxylic acids is 2. The molecule has 27 heavy (non-hydrogen) atoms. The Balaban J connectivity index is 1.62. The van der Waals surface area contributed by atoms with Crippen molar-refractivity contribution < 1.29 is 9.59 Å². The van der Waals surface area contributed by atoms with Crippen LogP contribution in [0.4, 0.5) is 0 Å². The molecule has 2 aromatic carbocycles. The first-order chi connectivity index (χ1) is 13.2. The predicted octanol–water partition coefficient (Wildman–Crippen LogP) is 3.66. The zero-order valence-electron chi connectivity index (χ0n) is 15.6. The van der Waals surface area contributed by atoms with E-state index in [2.05, 4.69) is 0 Å². The standard InChI is InChI=1S/C23H26N2O2/c26-22-20-13-7-6-12-19(20)17-25(22)21(16-18-10-4-3-5-11-18)23(27)24-14-8-1-2-9-15-24/h3-7,10-13,21H,1-2,8-9,14-17H2. The molecule has 140 valence electrons. The Morgan fingerprint density at radius 3 is 2.26 bits per heavy atom. The van der Waals surface area contributed by atoms with Crippen LogP contribution in [0.15, 0.2) is 54.6 Å². The van der Waals surface area contributed by atoms with Gasteiger partial charge < -0.3 is 9.80 Å². The van der Waals surface area contributed by atoms with Crippen molar-refractivity contribution in [2.45, 2.75) is 44.7 Å². The van der Waals surface area contributed by atoms with Crippen molar-refractivity contribution in [2.75, 3.05) is 13.1 Å². The Labute approximate surface area is 160 Å². The highest BCUT2D eigenvalue weighted by Crippen LogP contribution is 2.27. The van der Waals surface area contributed by atoms with Crippen LogP contribution in [0.1, 0.15) is 47.2 Å². The zero-order valence-corrected chi connectivity index (χ0v) is 15.6. The molecule has 4 rings (SSSR count). The number of rotatable bonds is 4. The lowest BCUT2D eigenvalue weighted by molar-refractivity contribution is -0.136. The third-order valence-electron chi connectivity index (χ3n) is 5.70.